The average Bonchev–Trinajstić information content (AvgIpc) is 2.68. The summed E-state index contributed by atoms with van der Waals surface area (Å²) in [5, 5.41) is 2.73. The molecule has 0 spiro atoms. The van der Waals surface area contributed by atoms with Gasteiger partial charge < -0.3 is 5.73 Å². The fourth-order valence-corrected chi connectivity index (χ4v) is 3.43. The van der Waals surface area contributed by atoms with Crippen LogP contribution in [0.3, 0.4) is 0 Å². The Balaban J connectivity index is 2.59. The Hall–Kier alpha value is -0.830. The number of thiophene rings is 1. The lowest BCUT2D eigenvalue weighted by molar-refractivity contribution is 0.612. The molecule has 17 heavy (non-hydrogen) atoms. The first-order chi connectivity index (χ1) is 7.93. The number of benzene rings is 1. The molecule has 1 heterocycles. The van der Waals surface area contributed by atoms with Crippen LogP contribution in [-0.2, 0) is 5.54 Å². The lowest BCUT2D eigenvalue weighted by atomic mass is 9.87. The molecule has 3 heteroatoms. The molecule has 90 valence electrons. The molecule has 1 nitrogen and oxygen atoms in total. The van der Waals surface area contributed by atoms with E-state index in [0.29, 0.717) is 0 Å². The van der Waals surface area contributed by atoms with E-state index in [1.807, 2.05) is 18.4 Å². The third-order valence-electron chi connectivity index (χ3n) is 3.04. The molecule has 0 radical (unpaired) electrons. The molecule has 0 fully saturated rings. The minimum absolute atomic E-state index is 0.526. The molecule has 0 amide bonds. The lowest BCUT2D eigenvalue weighted by Crippen LogP contribution is -2.34. The van der Waals surface area contributed by atoms with Gasteiger partial charge in [0.1, 0.15) is 0 Å². The summed E-state index contributed by atoms with van der Waals surface area (Å²) in [5.74, 6) is 0. The molecule has 0 aliphatic heterocycles. The zero-order chi connectivity index (χ0) is 12.6. The summed E-state index contributed by atoms with van der Waals surface area (Å²) in [5.41, 5.74) is 9.53. The largest absolute Gasteiger partial charge is 0.317 e. The van der Waals surface area contributed by atoms with Gasteiger partial charge in [0.2, 0.25) is 0 Å². The van der Waals surface area contributed by atoms with E-state index in [2.05, 4.69) is 32.0 Å². The summed E-state index contributed by atoms with van der Waals surface area (Å²) < 4.78 is 0. The maximum Gasteiger partial charge on any atom is 0.0748 e. The van der Waals surface area contributed by atoms with Gasteiger partial charge in [-0.3, -0.25) is 0 Å². The van der Waals surface area contributed by atoms with Crippen molar-refractivity contribution in [3.63, 3.8) is 0 Å². The first-order valence-electron chi connectivity index (χ1n) is 5.53. The monoisotopic (exact) mass is 265 g/mol. The molecule has 1 aromatic carbocycles. The van der Waals surface area contributed by atoms with Crippen LogP contribution >= 0.6 is 22.9 Å². The third kappa shape index (κ3) is 2.25. The van der Waals surface area contributed by atoms with Crippen LogP contribution in [0, 0.1) is 13.8 Å². The molecule has 2 N–H and O–H groups in total. The summed E-state index contributed by atoms with van der Waals surface area (Å²) >= 11 is 7.81. The van der Waals surface area contributed by atoms with E-state index >= 15 is 0 Å². The molecule has 0 saturated heterocycles. The minimum Gasteiger partial charge on any atom is -0.317 e. The SMILES string of the molecule is Cc1ccc(C)c(C(C)(N)c2sccc2Cl)c1. The van der Waals surface area contributed by atoms with Crippen molar-refractivity contribution in [3.8, 4) is 0 Å². The van der Waals surface area contributed by atoms with Crippen molar-refractivity contribution in [2.24, 2.45) is 5.73 Å². The van der Waals surface area contributed by atoms with Crippen molar-refractivity contribution < 1.29 is 0 Å². The first kappa shape index (κ1) is 12.6. The van der Waals surface area contributed by atoms with Gasteiger partial charge in [-0.1, -0.05) is 35.4 Å². The van der Waals surface area contributed by atoms with Gasteiger partial charge in [0.25, 0.3) is 0 Å². The smallest absolute Gasteiger partial charge is 0.0748 e. The normalized spacial score (nSPS) is 14.6. The number of hydrogen-bond donors (Lipinski definition) is 1. The minimum atomic E-state index is -0.526. The summed E-state index contributed by atoms with van der Waals surface area (Å²) in [6.45, 7) is 6.18. The Morgan fingerprint density at radius 2 is 1.94 bits per heavy atom. The molecule has 0 aliphatic carbocycles. The Bertz CT molecular complexity index is 543. The third-order valence-corrected chi connectivity index (χ3v) is 4.62. The van der Waals surface area contributed by atoms with Crippen molar-refractivity contribution in [2.45, 2.75) is 26.3 Å². The predicted molar refractivity (Wildman–Crippen MR) is 75.9 cm³/mol. The van der Waals surface area contributed by atoms with Gasteiger partial charge in [0, 0.05) is 4.88 Å². The van der Waals surface area contributed by atoms with Gasteiger partial charge in [-0.2, -0.15) is 0 Å². The summed E-state index contributed by atoms with van der Waals surface area (Å²) in [6, 6.07) is 8.26. The number of hydrogen-bond acceptors (Lipinski definition) is 2. The highest BCUT2D eigenvalue weighted by molar-refractivity contribution is 7.10. The van der Waals surface area contributed by atoms with Crippen molar-refractivity contribution in [3.05, 3.63) is 56.2 Å². The summed E-state index contributed by atoms with van der Waals surface area (Å²) in [6.07, 6.45) is 0. The van der Waals surface area contributed by atoms with E-state index in [1.165, 1.54) is 11.1 Å². The molecule has 1 unspecified atom stereocenters. The summed E-state index contributed by atoms with van der Waals surface area (Å²) in [7, 11) is 0. The zero-order valence-corrected chi connectivity index (χ0v) is 11.8. The van der Waals surface area contributed by atoms with Crippen LogP contribution in [0.1, 0.15) is 28.5 Å². The van der Waals surface area contributed by atoms with E-state index in [4.69, 9.17) is 17.3 Å². The maximum atomic E-state index is 6.50. The van der Waals surface area contributed by atoms with Crippen molar-refractivity contribution in [2.75, 3.05) is 0 Å². The predicted octanol–water partition coefficient (Wildman–Crippen LogP) is 4.24. The molecule has 2 aromatic rings. The van der Waals surface area contributed by atoms with Crippen molar-refractivity contribution in [1.29, 1.82) is 0 Å². The maximum absolute atomic E-state index is 6.50. The number of rotatable bonds is 2. The van der Waals surface area contributed by atoms with Gasteiger partial charge in [0.15, 0.2) is 0 Å². The molecule has 0 saturated carbocycles. The van der Waals surface area contributed by atoms with Crippen LogP contribution in [0.4, 0.5) is 0 Å². The summed E-state index contributed by atoms with van der Waals surface area (Å²) in [4.78, 5) is 1.02. The van der Waals surface area contributed by atoms with Crippen LogP contribution in [0.25, 0.3) is 0 Å². The van der Waals surface area contributed by atoms with Gasteiger partial charge in [0.05, 0.1) is 10.6 Å². The van der Waals surface area contributed by atoms with Crippen LogP contribution < -0.4 is 5.73 Å². The second kappa shape index (κ2) is 4.45. The average molecular weight is 266 g/mol. The van der Waals surface area contributed by atoms with E-state index in [0.717, 1.165) is 15.5 Å². The van der Waals surface area contributed by atoms with E-state index in [9.17, 15) is 0 Å². The molecule has 1 atom stereocenters. The zero-order valence-electron chi connectivity index (χ0n) is 10.3. The van der Waals surface area contributed by atoms with Gasteiger partial charge in [-0.25, -0.2) is 0 Å². The number of halogens is 1. The van der Waals surface area contributed by atoms with Crippen LogP contribution in [-0.4, -0.2) is 0 Å². The number of aryl methyl sites for hydroxylation is 2. The fraction of sp³-hybridized carbons (Fsp3) is 0.286. The van der Waals surface area contributed by atoms with Crippen molar-refractivity contribution in [1.82, 2.24) is 0 Å². The van der Waals surface area contributed by atoms with E-state index < -0.39 is 5.54 Å². The number of nitrogens with two attached hydrogens (primary N) is 1. The topological polar surface area (TPSA) is 26.0 Å². The molecular formula is C14H16ClNS. The highest BCUT2D eigenvalue weighted by Gasteiger charge is 2.29. The highest BCUT2D eigenvalue weighted by Crippen LogP contribution is 2.37. The molecule has 0 bridgehead atoms. The second-order valence-corrected chi connectivity index (χ2v) is 5.94. The molecule has 2 rings (SSSR count). The first-order valence-corrected chi connectivity index (χ1v) is 6.79. The molecular weight excluding hydrogens is 250 g/mol. The van der Waals surface area contributed by atoms with Gasteiger partial charge in [-0.05, 0) is 43.3 Å². The van der Waals surface area contributed by atoms with Gasteiger partial charge >= 0.3 is 0 Å². The molecule has 1 aromatic heterocycles. The Labute approximate surface area is 111 Å². The second-order valence-electron chi connectivity index (χ2n) is 4.62. The van der Waals surface area contributed by atoms with Crippen LogP contribution in [0.2, 0.25) is 5.02 Å². The standard InChI is InChI=1S/C14H16ClNS/c1-9-4-5-10(2)11(8-9)14(3,16)13-12(15)6-7-17-13/h4-8H,16H2,1-3H3. The van der Waals surface area contributed by atoms with Crippen molar-refractivity contribution >= 4 is 22.9 Å². The Morgan fingerprint density at radius 3 is 2.53 bits per heavy atom. The fourth-order valence-electron chi connectivity index (χ4n) is 2.08. The van der Waals surface area contributed by atoms with Crippen LogP contribution in [0.5, 0.6) is 0 Å². The molecule has 0 aliphatic rings. The van der Waals surface area contributed by atoms with Gasteiger partial charge in [-0.15, -0.1) is 11.3 Å². The Kier molecular flexibility index (Phi) is 3.30. The van der Waals surface area contributed by atoms with E-state index in [-0.39, 0.29) is 0 Å². The Morgan fingerprint density at radius 1 is 1.24 bits per heavy atom. The van der Waals surface area contributed by atoms with Crippen LogP contribution in [0.15, 0.2) is 29.6 Å². The van der Waals surface area contributed by atoms with E-state index in [1.54, 1.807) is 11.3 Å². The highest BCUT2D eigenvalue weighted by atomic mass is 35.5. The lowest BCUT2D eigenvalue weighted by Gasteiger charge is -2.27. The quantitative estimate of drug-likeness (QED) is 0.864.